The van der Waals surface area contributed by atoms with Crippen LogP contribution in [0.15, 0.2) is 42.0 Å². The van der Waals surface area contributed by atoms with E-state index in [-0.39, 0.29) is 23.4 Å². The second-order valence-corrected chi connectivity index (χ2v) is 16.1. The number of benzene rings is 1. The maximum Gasteiger partial charge on any atom is 0.306 e. The molecule has 1 amide bonds. The lowest BCUT2D eigenvalue weighted by Gasteiger charge is -2.58. The van der Waals surface area contributed by atoms with Gasteiger partial charge in [0.1, 0.15) is 6.10 Å². The minimum Gasteiger partial charge on any atom is -0.462 e. The van der Waals surface area contributed by atoms with Gasteiger partial charge in [0.15, 0.2) is 0 Å². The molecule has 8 atom stereocenters. The third kappa shape index (κ3) is 7.47. The van der Waals surface area contributed by atoms with Gasteiger partial charge in [-0.3, -0.25) is 9.59 Å². The molecule has 44 heavy (non-hydrogen) atoms. The summed E-state index contributed by atoms with van der Waals surface area (Å²) in [4.78, 5) is 25.0. The summed E-state index contributed by atoms with van der Waals surface area (Å²) in [6.45, 7) is 13.1. The topological polar surface area (TPSA) is 55.4 Å². The number of hydrogen-bond acceptors (Lipinski definition) is 3. The molecule has 0 heterocycles. The number of ether oxygens (including phenoxy) is 1. The number of rotatable bonds is 13. The predicted octanol–water partition coefficient (Wildman–Crippen LogP) is 9.47. The van der Waals surface area contributed by atoms with Crippen LogP contribution in [0.25, 0.3) is 0 Å². The Labute approximate surface area is 268 Å². The molecule has 1 aromatic rings. The third-order valence-electron chi connectivity index (χ3n) is 12.9. The molecule has 0 radical (unpaired) electrons. The van der Waals surface area contributed by atoms with E-state index < -0.39 is 0 Å². The highest BCUT2D eigenvalue weighted by molar-refractivity contribution is 5.77. The van der Waals surface area contributed by atoms with E-state index in [1.807, 2.05) is 18.2 Å². The number of allylic oxidation sites excluding steroid dienone is 1. The van der Waals surface area contributed by atoms with E-state index in [2.05, 4.69) is 58.1 Å². The zero-order chi connectivity index (χ0) is 31.3. The van der Waals surface area contributed by atoms with Crippen molar-refractivity contribution in [3.8, 4) is 0 Å². The zero-order valence-electron chi connectivity index (χ0n) is 28.5. The minimum atomic E-state index is -0.141. The van der Waals surface area contributed by atoms with Crippen molar-refractivity contribution in [2.45, 2.75) is 137 Å². The van der Waals surface area contributed by atoms with Crippen LogP contribution < -0.4 is 5.32 Å². The van der Waals surface area contributed by atoms with Crippen LogP contribution in [0, 0.1) is 46.3 Å². The summed E-state index contributed by atoms with van der Waals surface area (Å²) in [5.41, 5.74) is 3.58. The smallest absolute Gasteiger partial charge is 0.306 e. The number of nitrogens with one attached hydrogen (secondary N) is 1. The molecule has 0 bridgehead atoms. The minimum absolute atomic E-state index is 0.00511. The van der Waals surface area contributed by atoms with Crippen molar-refractivity contribution in [2.24, 2.45) is 46.3 Å². The summed E-state index contributed by atoms with van der Waals surface area (Å²) in [7, 11) is 0. The number of carbonyl (C=O) groups is 2. The molecule has 4 aliphatic carbocycles. The largest absolute Gasteiger partial charge is 0.462 e. The van der Waals surface area contributed by atoms with E-state index in [0.29, 0.717) is 31.2 Å². The Morgan fingerprint density at radius 2 is 1.73 bits per heavy atom. The summed E-state index contributed by atoms with van der Waals surface area (Å²) >= 11 is 0. The Morgan fingerprint density at radius 1 is 0.932 bits per heavy atom. The van der Waals surface area contributed by atoms with Crippen LogP contribution in [-0.2, 0) is 20.7 Å². The van der Waals surface area contributed by atoms with Crippen molar-refractivity contribution in [1.29, 1.82) is 0 Å². The standard InChI is InChI=1S/C40H61NO3/c1-28(2)11-9-12-29(3)34-19-20-35-33-18-17-31-27-32(21-24-39(31,4)36(33)22-25-40(34,35)5)44-38(43)16-10-15-37(42)41-26-23-30-13-7-6-8-14-30/h6-8,13-14,17,28-29,32-36H,9-12,15-16,18-27H2,1-5H3,(H,41,42)/t29-,32+,33+,34-,35+,36+,39+,40-/m1/s1. The van der Waals surface area contributed by atoms with Crippen LogP contribution >= 0.6 is 0 Å². The fraction of sp³-hybridized carbons (Fsp3) is 0.750. The van der Waals surface area contributed by atoms with Crippen molar-refractivity contribution in [1.82, 2.24) is 5.32 Å². The fourth-order valence-electron chi connectivity index (χ4n) is 10.5. The molecular formula is C40H61NO3. The fourth-order valence-corrected chi connectivity index (χ4v) is 10.5. The number of hydrogen-bond donors (Lipinski definition) is 1. The van der Waals surface area contributed by atoms with Crippen molar-refractivity contribution in [3.63, 3.8) is 0 Å². The van der Waals surface area contributed by atoms with Crippen LogP contribution in [0.2, 0.25) is 0 Å². The molecule has 4 nitrogen and oxygen atoms in total. The van der Waals surface area contributed by atoms with Gasteiger partial charge in [-0.1, -0.05) is 95.9 Å². The van der Waals surface area contributed by atoms with E-state index in [4.69, 9.17) is 4.74 Å². The lowest BCUT2D eigenvalue weighted by molar-refractivity contribution is -0.151. The van der Waals surface area contributed by atoms with Gasteiger partial charge in [-0.05, 0) is 110 Å². The summed E-state index contributed by atoms with van der Waals surface area (Å²) in [5, 5.41) is 2.98. The molecule has 244 valence electrons. The Kier molecular flexibility index (Phi) is 11.0. The van der Waals surface area contributed by atoms with E-state index in [0.717, 1.165) is 61.2 Å². The molecular weight excluding hydrogens is 542 g/mol. The highest BCUT2D eigenvalue weighted by Gasteiger charge is 2.59. The van der Waals surface area contributed by atoms with Crippen molar-refractivity contribution >= 4 is 11.9 Å². The molecule has 0 saturated heterocycles. The first kappa shape index (κ1) is 33.3. The van der Waals surface area contributed by atoms with Crippen molar-refractivity contribution in [3.05, 3.63) is 47.5 Å². The molecule has 1 aromatic carbocycles. The first-order valence-corrected chi connectivity index (χ1v) is 18.3. The first-order valence-electron chi connectivity index (χ1n) is 18.3. The van der Waals surface area contributed by atoms with E-state index in [1.54, 1.807) is 5.57 Å². The van der Waals surface area contributed by atoms with Crippen molar-refractivity contribution < 1.29 is 14.3 Å². The lowest BCUT2D eigenvalue weighted by Crippen LogP contribution is -2.51. The Morgan fingerprint density at radius 3 is 2.50 bits per heavy atom. The number of carbonyl (C=O) groups excluding carboxylic acids is 2. The monoisotopic (exact) mass is 603 g/mol. The lowest BCUT2D eigenvalue weighted by atomic mass is 9.47. The van der Waals surface area contributed by atoms with Gasteiger partial charge < -0.3 is 10.1 Å². The van der Waals surface area contributed by atoms with Gasteiger partial charge >= 0.3 is 5.97 Å². The molecule has 0 aromatic heterocycles. The van der Waals surface area contributed by atoms with Gasteiger partial charge in [0, 0.05) is 25.8 Å². The molecule has 0 spiro atoms. The molecule has 1 N–H and O–H groups in total. The number of amides is 1. The zero-order valence-corrected chi connectivity index (χ0v) is 28.5. The summed E-state index contributed by atoms with van der Waals surface area (Å²) in [6.07, 6.45) is 18.7. The summed E-state index contributed by atoms with van der Waals surface area (Å²) in [6, 6.07) is 10.2. The molecule has 5 rings (SSSR count). The van der Waals surface area contributed by atoms with Crippen LogP contribution in [0.4, 0.5) is 0 Å². The van der Waals surface area contributed by atoms with Crippen molar-refractivity contribution in [2.75, 3.05) is 6.54 Å². The van der Waals surface area contributed by atoms with Gasteiger partial charge in [-0.15, -0.1) is 0 Å². The number of fused-ring (bicyclic) bond motifs is 5. The van der Waals surface area contributed by atoms with Gasteiger partial charge in [-0.2, -0.15) is 0 Å². The van der Waals surface area contributed by atoms with Gasteiger partial charge in [0.25, 0.3) is 0 Å². The van der Waals surface area contributed by atoms with Crippen LogP contribution in [-0.4, -0.2) is 24.5 Å². The van der Waals surface area contributed by atoms with E-state index >= 15 is 0 Å². The molecule has 4 aliphatic rings. The quantitative estimate of drug-likeness (QED) is 0.180. The van der Waals surface area contributed by atoms with Crippen LogP contribution in [0.3, 0.4) is 0 Å². The highest BCUT2D eigenvalue weighted by atomic mass is 16.5. The Balaban J connectivity index is 1.07. The average molecular weight is 604 g/mol. The predicted molar refractivity (Wildman–Crippen MR) is 180 cm³/mol. The molecule has 3 fully saturated rings. The summed E-state index contributed by atoms with van der Waals surface area (Å²) < 4.78 is 6.00. The summed E-state index contributed by atoms with van der Waals surface area (Å²) in [5.74, 6) is 4.93. The van der Waals surface area contributed by atoms with Crippen LogP contribution in [0.1, 0.15) is 130 Å². The number of esters is 1. The normalized spacial score (nSPS) is 33.5. The molecule has 3 saturated carbocycles. The maximum atomic E-state index is 12.7. The van der Waals surface area contributed by atoms with Gasteiger partial charge in [0.05, 0.1) is 0 Å². The second kappa shape index (κ2) is 14.5. The highest BCUT2D eigenvalue weighted by Crippen LogP contribution is 2.67. The SMILES string of the molecule is CC(C)CCC[C@@H](C)[C@H]1CC[C@H]2[C@@H]3CC=C4C[C@@H](OC(=O)CCCC(=O)NCCc5ccccc5)CC[C@]4(C)[C@H]3CC[C@]12C. The Hall–Kier alpha value is -2.10. The Bertz CT molecular complexity index is 1140. The average Bonchev–Trinajstić information content (AvgIpc) is 3.35. The molecule has 0 aliphatic heterocycles. The molecule has 4 heteroatoms. The van der Waals surface area contributed by atoms with E-state index in [1.165, 1.54) is 56.9 Å². The second-order valence-electron chi connectivity index (χ2n) is 16.1. The first-order chi connectivity index (χ1) is 21.1. The van der Waals surface area contributed by atoms with Gasteiger partial charge in [0.2, 0.25) is 5.91 Å². The third-order valence-corrected chi connectivity index (χ3v) is 12.9. The molecule has 0 unspecified atom stereocenters. The van der Waals surface area contributed by atoms with Crippen LogP contribution in [0.5, 0.6) is 0 Å². The maximum absolute atomic E-state index is 12.7. The van der Waals surface area contributed by atoms with E-state index in [9.17, 15) is 9.59 Å². The van der Waals surface area contributed by atoms with Gasteiger partial charge in [-0.25, -0.2) is 0 Å².